The summed E-state index contributed by atoms with van der Waals surface area (Å²) >= 11 is 0. The summed E-state index contributed by atoms with van der Waals surface area (Å²) in [7, 11) is 0. The molecule has 0 saturated heterocycles. The van der Waals surface area contributed by atoms with Crippen LogP contribution >= 0.6 is 0 Å². The summed E-state index contributed by atoms with van der Waals surface area (Å²) in [5.41, 5.74) is 7.51. The van der Waals surface area contributed by atoms with Crippen LogP contribution in [-0.2, 0) is 12.8 Å². The van der Waals surface area contributed by atoms with Gasteiger partial charge in [-0.1, -0.05) is 60.7 Å². The molecule has 2 aliphatic carbocycles. The smallest absolute Gasteiger partial charge is 0.256 e. The van der Waals surface area contributed by atoms with E-state index >= 15 is 0 Å². The molecule has 182 valence electrons. The molecule has 0 unspecified atom stereocenters. The minimum absolute atomic E-state index is 0.0775. The number of fused-ring (bicyclic) bond motifs is 4. The summed E-state index contributed by atoms with van der Waals surface area (Å²) in [5, 5.41) is 7.96. The molecule has 0 radical (unpaired) electrons. The molecule has 6 rings (SSSR count). The number of anilines is 1. The van der Waals surface area contributed by atoms with Crippen molar-refractivity contribution in [2.24, 2.45) is 0 Å². The summed E-state index contributed by atoms with van der Waals surface area (Å²) in [6.07, 6.45) is 5.99. The van der Waals surface area contributed by atoms with E-state index in [1.807, 2.05) is 56.3 Å². The number of benzene rings is 4. The van der Waals surface area contributed by atoms with E-state index in [-0.39, 0.29) is 11.7 Å². The molecule has 0 saturated carbocycles. The van der Waals surface area contributed by atoms with Gasteiger partial charge in [0, 0.05) is 22.4 Å². The van der Waals surface area contributed by atoms with Crippen LogP contribution in [0.15, 0.2) is 78.9 Å². The van der Waals surface area contributed by atoms with Crippen molar-refractivity contribution < 1.29 is 9.59 Å². The Balaban J connectivity index is 1.34. The van der Waals surface area contributed by atoms with Gasteiger partial charge in [0.1, 0.15) is 0 Å². The Morgan fingerprint density at radius 1 is 0.703 bits per heavy atom. The van der Waals surface area contributed by atoms with Gasteiger partial charge >= 0.3 is 0 Å². The number of amides is 1. The summed E-state index contributed by atoms with van der Waals surface area (Å²) < 4.78 is 0. The SMILES string of the molecule is Cc1cccc(C)c1C(=O)Nc1ccc(C(=O)C2=c3ccc4c(c3CCC2)CC=c2ccccc2=4)cc1. The Morgan fingerprint density at radius 2 is 1.43 bits per heavy atom. The van der Waals surface area contributed by atoms with Gasteiger partial charge in [0.15, 0.2) is 5.78 Å². The molecule has 0 aliphatic heterocycles. The van der Waals surface area contributed by atoms with E-state index in [0.29, 0.717) is 16.8 Å². The largest absolute Gasteiger partial charge is 0.322 e. The number of hydrogen-bond donors (Lipinski definition) is 1. The highest BCUT2D eigenvalue weighted by atomic mass is 16.1. The Labute approximate surface area is 216 Å². The number of ketones is 1. The maximum atomic E-state index is 13.6. The van der Waals surface area contributed by atoms with Crippen molar-refractivity contribution >= 4 is 29.0 Å². The number of carbonyl (C=O) groups excluding carboxylic acids is 2. The lowest BCUT2D eigenvalue weighted by molar-refractivity contribution is 0.102. The second-order valence-corrected chi connectivity index (χ2v) is 10.1. The predicted octanol–water partition coefficient (Wildman–Crippen LogP) is 5.55. The lowest BCUT2D eigenvalue weighted by atomic mass is 9.84. The molecule has 0 heterocycles. The van der Waals surface area contributed by atoms with Gasteiger partial charge in [-0.25, -0.2) is 0 Å². The van der Waals surface area contributed by atoms with E-state index in [9.17, 15) is 9.59 Å². The van der Waals surface area contributed by atoms with Crippen molar-refractivity contribution in [3.8, 4) is 0 Å². The minimum atomic E-state index is -0.131. The number of hydrogen-bond acceptors (Lipinski definition) is 2. The number of carbonyl (C=O) groups is 2. The predicted molar refractivity (Wildman–Crippen MR) is 149 cm³/mol. The standard InChI is InChI=1S/C34H29NO2/c1-21-7-5-8-22(2)32(21)34(37)35-25-16-13-24(14-17-25)33(36)31-12-6-11-27-29-18-15-23-9-3-4-10-26(23)28(29)19-20-30(27)31/h3-5,7-10,13-17,19-20H,6,11-12,18H2,1-2H3,(H,35,37). The van der Waals surface area contributed by atoms with Crippen molar-refractivity contribution in [3.05, 3.63) is 133 Å². The van der Waals surface area contributed by atoms with E-state index < -0.39 is 0 Å². The first-order valence-electron chi connectivity index (χ1n) is 13.0. The molecule has 1 N–H and O–H groups in total. The molecule has 37 heavy (non-hydrogen) atoms. The maximum Gasteiger partial charge on any atom is 0.256 e. The zero-order valence-corrected chi connectivity index (χ0v) is 21.2. The molecule has 0 atom stereocenters. The van der Waals surface area contributed by atoms with Crippen LogP contribution in [0.25, 0.3) is 11.6 Å². The van der Waals surface area contributed by atoms with Gasteiger partial charge in [-0.15, -0.1) is 0 Å². The van der Waals surface area contributed by atoms with Crippen LogP contribution in [0.1, 0.15) is 55.8 Å². The normalized spacial score (nSPS) is 13.6. The molecule has 0 aromatic heterocycles. The molecule has 1 amide bonds. The Morgan fingerprint density at radius 3 is 2.22 bits per heavy atom. The average Bonchev–Trinajstić information content (AvgIpc) is 2.92. The summed E-state index contributed by atoms with van der Waals surface area (Å²) in [6, 6.07) is 26.0. The number of Topliss-reactive ketones (excluding diaryl/α,β-unsaturated/α-hetero) is 1. The van der Waals surface area contributed by atoms with Crippen LogP contribution < -0.4 is 15.8 Å². The minimum Gasteiger partial charge on any atom is -0.322 e. The Kier molecular flexibility index (Phi) is 5.84. The fourth-order valence-corrected chi connectivity index (χ4v) is 5.94. The second-order valence-electron chi connectivity index (χ2n) is 10.1. The van der Waals surface area contributed by atoms with Crippen LogP contribution in [0, 0.1) is 24.3 Å². The molecule has 3 nitrogen and oxygen atoms in total. The first-order chi connectivity index (χ1) is 18.0. The molecule has 3 heteroatoms. The van der Waals surface area contributed by atoms with Gasteiger partial charge in [-0.05, 0) is 107 Å². The molecule has 2 aliphatic rings. The fraction of sp³-hybridized carbons (Fsp3) is 0.176. The van der Waals surface area contributed by atoms with E-state index in [2.05, 4.69) is 47.8 Å². The molecule has 0 spiro atoms. The van der Waals surface area contributed by atoms with E-state index in [4.69, 9.17) is 0 Å². The van der Waals surface area contributed by atoms with Crippen LogP contribution in [0.2, 0.25) is 0 Å². The fourth-order valence-electron chi connectivity index (χ4n) is 5.94. The van der Waals surface area contributed by atoms with Crippen LogP contribution in [0.5, 0.6) is 0 Å². The average molecular weight is 484 g/mol. The third-order valence-corrected chi connectivity index (χ3v) is 7.77. The zero-order valence-electron chi connectivity index (χ0n) is 21.2. The van der Waals surface area contributed by atoms with Crippen LogP contribution in [0.3, 0.4) is 0 Å². The number of rotatable bonds is 4. The van der Waals surface area contributed by atoms with Crippen molar-refractivity contribution in [2.75, 3.05) is 5.32 Å². The molecule has 0 fully saturated rings. The van der Waals surface area contributed by atoms with Gasteiger partial charge in [0.2, 0.25) is 0 Å². The van der Waals surface area contributed by atoms with Gasteiger partial charge in [0.05, 0.1) is 0 Å². The van der Waals surface area contributed by atoms with Gasteiger partial charge in [-0.3, -0.25) is 9.59 Å². The quantitative estimate of drug-likeness (QED) is 0.387. The van der Waals surface area contributed by atoms with Gasteiger partial charge < -0.3 is 5.32 Å². The zero-order chi connectivity index (χ0) is 25.5. The van der Waals surface area contributed by atoms with Crippen molar-refractivity contribution in [3.63, 3.8) is 0 Å². The number of nitrogens with one attached hydrogen (secondary N) is 1. The molecule has 4 aromatic rings. The monoisotopic (exact) mass is 483 g/mol. The number of aryl methyl sites for hydroxylation is 2. The van der Waals surface area contributed by atoms with E-state index in [1.165, 1.54) is 26.8 Å². The van der Waals surface area contributed by atoms with Crippen LogP contribution in [-0.4, -0.2) is 11.7 Å². The van der Waals surface area contributed by atoms with Crippen LogP contribution in [0.4, 0.5) is 5.69 Å². The summed E-state index contributed by atoms with van der Waals surface area (Å²) in [6.45, 7) is 3.88. The third-order valence-electron chi connectivity index (χ3n) is 7.77. The lowest BCUT2D eigenvalue weighted by Crippen LogP contribution is -2.25. The van der Waals surface area contributed by atoms with E-state index in [1.54, 1.807) is 0 Å². The maximum absolute atomic E-state index is 13.6. The van der Waals surface area contributed by atoms with Crippen molar-refractivity contribution in [2.45, 2.75) is 39.5 Å². The Hall–Kier alpha value is -4.24. The second kappa shape index (κ2) is 9.33. The highest BCUT2D eigenvalue weighted by molar-refractivity contribution is 6.24. The highest BCUT2D eigenvalue weighted by Gasteiger charge is 2.21. The van der Waals surface area contributed by atoms with E-state index in [0.717, 1.165) is 47.6 Å². The van der Waals surface area contributed by atoms with Crippen molar-refractivity contribution in [1.82, 2.24) is 0 Å². The van der Waals surface area contributed by atoms with Gasteiger partial charge in [0.25, 0.3) is 5.91 Å². The third kappa shape index (κ3) is 4.11. The first-order valence-corrected chi connectivity index (χ1v) is 13.0. The molecule has 4 aromatic carbocycles. The highest BCUT2D eigenvalue weighted by Crippen LogP contribution is 2.24. The lowest BCUT2D eigenvalue weighted by Gasteiger charge is -2.20. The summed E-state index contributed by atoms with van der Waals surface area (Å²) in [5.74, 6) is -0.0536. The summed E-state index contributed by atoms with van der Waals surface area (Å²) in [4.78, 5) is 26.5. The molecule has 0 bridgehead atoms. The van der Waals surface area contributed by atoms with Gasteiger partial charge in [-0.2, -0.15) is 0 Å². The first kappa shape index (κ1) is 23.2. The Bertz CT molecular complexity index is 1780. The molecular formula is C34H29NO2. The topological polar surface area (TPSA) is 46.2 Å². The van der Waals surface area contributed by atoms with Crippen molar-refractivity contribution in [1.29, 1.82) is 0 Å². The molecular weight excluding hydrogens is 454 g/mol.